The zero-order valence-corrected chi connectivity index (χ0v) is 13.8. The summed E-state index contributed by atoms with van der Waals surface area (Å²) in [5, 5.41) is 16.8. The number of amides is 1. The van der Waals surface area contributed by atoms with Crippen molar-refractivity contribution in [2.75, 3.05) is 19.7 Å². The molecule has 2 N–H and O–H groups in total. The largest absolute Gasteiger partial charge is 0.484 e. The summed E-state index contributed by atoms with van der Waals surface area (Å²) < 4.78 is 41.1. The van der Waals surface area contributed by atoms with Crippen LogP contribution in [0.25, 0.3) is 0 Å². The lowest BCUT2D eigenvalue weighted by atomic mass is 10.1. The van der Waals surface area contributed by atoms with Gasteiger partial charge in [0.25, 0.3) is 11.6 Å². The Kier molecular flexibility index (Phi) is 7.43. The van der Waals surface area contributed by atoms with Crippen molar-refractivity contribution in [2.24, 2.45) is 0 Å². The first kappa shape index (κ1) is 21.0. The molecule has 0 spiro atoms. The van der Waals surface area contributed by atoms with E-state index in [4.69, 9.17) is 0 Å². The second-order valence-corrected chi connectivity index (χ2v) is 5.36. The first-order valence-corrected chi connectivity index (χ1v) is 7.26. The number of hydrogen-bond donors (Lipinski definition) is 2. The SMILES string of the molecule is Cl.O=C(N[C@H]1CCCNC1)c1cc(OCC(F)(F)F)ccc1[N+](=O)[O-]. The fraction of sp³-hybridized carbons (Fsp3) is 0.500. The van der Waals surface area contributed by atoms with E-state index < -0.39 is 29.3 Å². The Labute approximate surface area is 147 Å². The number of hydrogen-bond acceptors (Lipinski definition) is 5. The molecule has 140 valence electrons. The van der Waals surface area contributed by atoms with Crippen molar-refractivity contribution in [1.82, 2.24) is 10.6 Å². The van der Waals surface area contributed by atoms with Crippen LogP contribution in [0, 0.1) is 10.1 Å². The third kappa shape index (κ3) is 6.39. The summed E-state index contributed by atoms with van der Waals surface area (Å²) in [6.07, 6.45) is -2.98. The maximum atomic E-state index is 12.3. The molecule has 1 aliphatic rings. The molecular formula is C14H17ClF3N3O4. The van der Waals surface area contributed by atoms with Crippen molar-refractivity contribution in [2.45, 2.75) is 25.1 Å². The summed E-state index contributed by atoms with van der Waals surface area (Å²) in [6, 6.07) is 2.75. The van der Waals surface area contributed by atoms with Crippen LogP contribution < -0.4 is 15.4 Å². The molecule has 0 bridgehead atoms. The molecule has 0 aromatic heterocycles. The maximum absolute atomic E-state index is 12.3. The third-order valence-electron chi connectivity index (χ3n) is 3.44. The van der Waals surface area contributed by atoms with Crippen LogP contribution in [0.1, 0.15) is 23.2 Å². The van der Waals surface area contributed by atoms with Gasteiger partial charge in [-0.2, -0.15) is 13.2 Å². The monoisotopic (exact) mass is 383 g/mol. The quantitative estimate of drug-likeness (QED) is 0.601. The number of ether oxygens (including phenoxy) is 1. The number of nitro groups is 1. The number of alkyl halides is 3. The molecule has 0 saturated carbocycles. The van der Waals surface area contributed by atoms with Crippen LogP contribution in [0.3, 0.4) is 0 Å². The lowest BCUT2D eigenvalue weighted by molar-refractivity contribution is -0.385. The van der Waals surface area contributed by atoms with E-state index in [1.807, 2.05) is 0 Å². The highest BCUT2D eigenvalue weighted by molar-refractivity contribution is 5.98. The molecule has 1 atom stereocenters. The van der Waals surface area contributed by atoms with Crippen LogP contribution in [0.5, 0.6) is 5.75 Å². The van der Waals surface area contributed by atoms with Gasteiger partial charge < -0.3 is 15.4 Å². The van der Waals surface area contributed by atoms with Crippen LogP contribution in [-0.2, 0) is 0 Å². The van der Waals surface area contributed by atoms with Crippen LogP contribution in [0.15, 0.2) is 18.2 Å². The Balaban J connectivity index is 0.00000312. The molecule has 1 heterocycles. The molecule has 1 aliphatic heterocycles. The van der Waals surface area contributed by atoms with Gasteiger partial charge in [-0.1, -0.05) is 0 Å². The van der Waals surface area contributed by atoms with Gasteiger partial charge >= 0.3 is 6.18 Å². The number of nitrogens with one attached hydrogen (secondary N) is 2. The van der Waals surface area contributed by atoms with Crippen LogP contribution in [0.2, 0.25) is 0 Å². The van der Waals surface area contributed by atoms with E-state index in [0.717, 1.165) is 37.6 Å². The van der Waals surface area contributed by atoms with Crippen LogP contribution >= 0.6 is 12.4 Å². The standard InChI is InChI=1S/C14H16F3N3O4.ClH/c15-14(16,17)8-24-10-3-4-12(20(22)23)11(6-10)13(21)19-9-2-1-5-18-7-9;/h3-4,6,9,18H,1-2,5,7-8H2,(H,19,21);1H/t9-;/m0./s1. The Morgan fingerprint density at radius 3 is 2.72 bits per heavy atom. The van der Waals surface area contributed by atoms with Gasteiger partial charge in [0, 0.05) is 18.7 Å². The molecule has 25 heavy (non-hydrogen) atoms. The first-order chi connectivity index (χ1) is 11.3. The molecule has 1 aromatic rings. The topological polar surface area (TPSA) is 93.5 Å². The summed E-state index contributed by atoms with van der Waals surface area (Å²) in [6.45, 7) is -0.185. The molecule has 0 radical (unpaired) electrons. The molecule has 0 unspecified atom stereocenters. The second kappa shape index (κ2) is 8.86. The van der Waals surface area contributed by atoms with Crippen LogP contribution in [-0.4, -0.2) is 42.7 Å². The summed E-state index contributed by atoms with van der Waals surface area (Å²) in [5.41, 5.74) is -0.819. The number of nitro benzene ring substituents is 1. The molecule has 1 fully saturated rings. The summed E-state index contributed by atoms with van der Waals surface area (Å²) in [7, 11) is 0. The van der Waals surface area contributed by atoms with Gasteiger partial charge in [-0.15, -0.1) is 12.4 Å². The van der Waals surface area contributed by atoms with Gasteiger partial charge in [0.15, 0.2) is 6.61 Å². The Morgan fingerprint density at radius 1 is 1.44 bits per heavy atom. The van der Waals surface area contributed by atoms with Gasteiger partial charge in [-0.05, 0) is 31.5 Å². The van der Waals surface area contributed by atoms with Crippen molar-refractivity contribution in [3.63, 3.8) is 0 Å². The number of nitrogens with zero attached hydrogens (tertiary/aromatic N) is 1. The van der Waals surface area contributed by atoms with Gasteiger partial charge in [-0.25, -0.2) is 0 Å². The van der Waals surface area contributed by atoms with E-state index in [0.29, 0.717) is 6.54 Å². The van der Waals surface area contributed by atoms with E-state index in [1.165, 1.54) is 0 Å². The van der Waals surface area contributed by atoms with Crippen molar-refractivity contribution in [3.8, 4) is 5.75 Å². The average Bonchev–Trinajstić information content (AvgIpc) is 2.52. The second-order valence-electron chi connectivity index (χ2n) is 5.36. The predicted molar refractivity (Wildman–Crippen MR) is 85.3 cm³/mol. The zero-order valence-electron chi connectivity index (χ0n) is 13.0. The number of rotatable bonds is 5. The normalized spacial score (nSPS) is 17.3. The molecule has 1 aromatic carbocycles. The summed E-state index contributed by atoms with van der Waals surface area (Å²) in [4.78, 5) is 22.5. The number of benzene rings is 1. The Morgan fingerprint density at radius 2 is 2.16 bits per heavy atom. The number of carbonyl (C=O) groups is 1. The van der Waals surface area contributed by atoms with Crippen LogP contribution in [0.4, 0.5) is 18.9 Å². The lowest BCUT2D eigenvalue weighted by Crippen LogP contribution is -2.45. The van der Waals surface area contributed by atoms with Gasteiger partial charge in [0.2, 0.25) is 0 Å². The minimum absolute atomic E-state index is 0. The first-order valence-electron chi connectivity index (χ1n) is 7.26. The highest BCUT2D eigenvalue weighted by Crippen LogP contribution is 2.26. The summed E-state index contributed by atoms with van der Waals surface area (Å²) >= 11 is 0. The van der Waals surface area contributed by atoms with E-state index in [9.17, 15) is 28.1 Å². The van der Waals surface area contributed by atoms with Crippen molar-refractivity contribution >= 4 is 24.0 Å². The molecule has 11 heteroatoms. The molecule has 1 amide bonds. The molecule has 1 saturated heterocycles. The fourth-order valence-electron chi connectivity index (χ4n) is 2.35. The minimum Gasteiger partial charge on any atom is -0.484 e. The number of piperidine rings is 1. The smallest absolute Gasteiger partial charge is 0.422 e. The van der Waals surface area contributed by atoms with E-state index >= 15 is 0 Å². The van der Waals surface area contributed by atoms with Gasteiger partial charge in [-0.3, -0.25) is 14.9 Å². The summed E-state index contributed by atoms with van der Waals surface area (Å²) in [5.74, 6) is -0.974. The molecule has 0 aliphatic carbocycles. The zero-order chi connectivity index (χ0) is 17.7. The Bertz CT molecular complexity index is 622. The lowest BCUT2D eigenvalue weighted by Gasteiger charge is -2.23. The molecule has 2 rings (SSSR count). The third-order valence-corrected chi connectivity index (χ3v) is 3.44. The number of carbonyl (C=O) groups excluding carboxylic acids is 1. The average molecular weight is 384 g/mol. The predicted octanol–water partition coefficient (Wildman–Crippen LogP) is 2.44. The van der Waals surface area contributed by atoms with Crippen molar-refractivity contribution in [1.29, 1.82) is 0 Å². The molecule has 7 nitrogen and oxygen atoms in total. The maximum Gasteiger partial charge on any atom is 0.422 e. The van der Waals surface area contributed by atoms with E-state index in [-0.39, 0.29) is 29.8 Å². The highest BCUT2D eigenvalue weighted by atomic mass is 35.5. The minimum atomic E-state index is -4.54. The van der Waals surface area contributed by atoms with Gasteiger partial charge in [0.1, 0.15) is 11.3 Å². The molecular weight excluding hydrogens is 367 g/mol. The van der Waals surface area contributed by atoms with E-state index in [2.05, 4.69) is 15.4 Å². The highest BCUT2D eigenvalue weighted by Gasteiger charge is 2.29. The van der Waals surface area contributed by atoms with E-state index in [1.54, 1.807) is 0 Å². The fourth-order valence-corrected chi connectivity index (χ4v) is 2.35. The Hall–Kier alpha value is -2.07. The van der Waals surface area contributed by atoms with Crippen molar-refractivity contribution in [3.05, 3.63) is 33.9 Å². The van der Waals surface area contributed by atoms with Crippen molar-refractivity contribution < 1.29 is 27.6 Å². The van der Waals surface area contributed by atoms with Gasteiger partial charge in [0.05, 0.1) is 4.92 Å². The number of halogens is 4.